The molecule has 35 heavy (non-hydrogen) atoms. The van der Waals surface area contributed by atoms with Gasteiger partial charge in [0.15, 0.2) is 0 Å². The fourth-order valence-corrected chi connectivity index (χ4v) is 5.34. The van der Waals surface area contributed by atoms with Crippen molar-refractivity contribution < 1.29 is 9.18 Å². The van der Waals surface area contributed by atoms with E-state index in [4.69, 9.17) is 5.73 Å². The minimum absolute atomic E-state index is 0.129. The van der Waals surface area contributed by atoms with Crippen molar-refractivity contribution in [2.24, 2.45) is 10.8 Å². The lowest BCUT2D eigenvalue weighted by Gasteiger charge is -2.28. The third-order valence-electron chi connectivity index (χ3n) is 6.85. The molecule has 0 aromatic rings. The first-order chi connectivity index (χ1) is 16.9. The lowest BCUT2D eigenvalue weighted by Crippen LogP contribution is -2.37. The van der Waals surface area contributed by atoms with Crippen LogP contribution in [0, 0.1) is 0 Å². The van der Waals surface area contributed by atoms with Crippen LogP contribution in [0.1, 0.15) is 65.2 Å². The number of rotatable bonds is 11. The Morgan fingerprint density at radius 2 is 2.29 bits per heavy atom. The highest BCUT2D eigenvalue weighted by molar-refractivity contribution is 7.96. The normalized spacial score (nSPS) is 24.7. The second-order valence-corrected chi connectivity index (χ2v) is 9.92. The van der Waals surface area contributed by atoms with Crippen molar-refractivity contribution >= 4 is 23.9 Å². The van der Waals surface area contributed by atoms with Crippen molar-refractivity contribution in [3.05, 3.63) is 58.5 Å². The minimum atomic E-state index is -1.03. The second-order valence-electron chi connectivity index (χ2n) is 9.27. The van der Waals surface area contributed by atoms with Crippen LogP contribution in [0.25, 0.3) is 0 Å². The zero-order valence-corrected chi connectivity index (χ0v) is 22.0. The Balaban J connectivity index is 1.48. The van der Waals surface area contributed by atoms with Crippen molar-refractivity contribution in [2.75, 3.05) is 12.9 Å². The summed E-state index contributed by atoms with van der Waals surface area (Å²) in [6.07, 6.45) is 18.1. The number of carbonyl (C=O) groups excluding carboxylic acids is 1. The van der Waals surface area contributed by atoms with Crippen molar-refractivity contribution in [2.45, 2.75) is 83.5 Å². The number of alkyl halides is 1. The van der Waals surface area contributed by atoms with E-state index in [9.17, 15) is 9.18 Å². The molecule has 0 aromatic carbocycles. The minimum Gasteiger partial charge on any atom is -0.362 e. The van der Waals surface area contributed by atoms with Crippen molar-refractivity contribution in [3.63, 3.8) is 0 Å². The third-order valence-corrected chi connectivity index (χ3v) is 7.37. The summed E-state index contributed by atoms with van der Waals surface area (Å²) < 4.78 is 17.5. The maximum absolute atomic E-state index is 14.0. The smallest absolute Gasteiger partial charge is 0.138 e. The molecule has 4 N–H and O–H groups in total. The molecule has 0 bridgehead atoms. The number of allylic oxidation sites excluding steroid dienone is 8. The maximum Gasteiger partial charge on any atom is 0.138 e. The van der Waals surface area contributed by atoms with Gasteiger partial charge in [0.25, 0.3) is 0 Å². The molecular formula is C27H40FN5OS. The second kappa shape index (κ2) is 13.8. The molecule has 0 spiro atoms. The molecule has 2 aliphatic carbocycles. The number of nitrogens with zero attached hydrogens (tertiary/aromatic N) is 2. The Labute approximate surface area is 213 Å². The Morgan fingerprint density at radius 3 is 3.03 bits per heavy atom. The van der Waals surface area contributed by atoms with Gasteiger partial charge < -0.3 is 11.1 Å². The average Bonchev–Trinajstić information content (AvgIpc) is 3.13. The highest BCUT2D eigenvalue weighted by Gasteiger charge is 2.23. The summed E-state index contributed by atoms with van der Waals surface area (Å²) in [4.78, 5) is 12.5. The van der Waals surface area contributed by atoms with Crippen LogP contribution in [0.15, 0.2) is 63.6 Å². The van der Waals surface area contributed by atoms with Crippen LogP contribution in [0.5, 0.6) is 0 Å². The molecule has 0 aromatic heterocycles. The van der Waals surface area contributed by atoms with Crippen LogP contribution in [0.2, 0.25) is 0 Å². The molecule has 6 nitrogen and oxygen atoms in total. The van der Waals surface area contributed by atoms with E-state index in [1.54, 1.807) is 35.3 Å². The number of Topliss-reactive ketones (excluding diaryl/α,β-unsaturated/α-hetero) is 1. The number of hydrogen-bond acceptors (Lipinski definition) is 7. The SMILES string of the molecule is CCC1=CC2=C(CCC1NSC)NC(CCC(=O)C/C=N\N(CN)C1CC(F)C=CC=C1C)=CC2. The first kappa shape index (κ1) is 27.4. The number of hydrogen-bond donors (Lipinski definition) is 3. The molecule has 3 aliphatic rings. The van der Waals surface area contributed by atoms with Crippen LogP contribution < -0.4 is 15.8 Å². The molecule has 0 saturated carbocycles. The predicted octanol–water partition coefficient (Wildman–Crippen LogP) is 5.04. The summed E-state index contributed by atoms with van der Waals surface area (Å²) in [6, 6.07) is 0.201. The summed E-state index contributed by atoms with van der Waals surface area (Å²) >= 11 is 1.68. The van der Waals surface area contributed by atoms with Crippen molar-refractivity contribution in [1.29, 1.82) is 0 Å². The zero-order valence-electron chi connectivity index (χ0n) is 21.2. The Kier molecular flexibility index (Phi) is 10.8. The van der Waals surface area contributed by atoms with Gasteiger partial charge in [-0.1, -0.05) is 54.8 Å². The van der Waals surface area contributed by atoms with E-state index in [2.05, 4.69) is 40.5 Å². The number of halogens is 1. The fraction of sp³-hybridized carbons (Fsp3) is 0.556. The predicted molar refractivity (Wildman–Crippen MR) is 145 cm³/mol. The van der Waals surface area contributed by atoms with Crippen LogP contribution in [0.4, 0.5) is 4.39 Å². The van der Waals surface area contributed by atoms with Gasteiger partial charge >= 0.3 is 0 Å². The first-order valence-electron chi connectivity index (χ1n) is 12.6. The van der Waals surface area contributed by atoms with Gasteiger partial charge in [0.2, 0.25) is 0 Å². The van der Waals surface area contributed by atoms with E-state index in [0.717, 1.165) is 37.0 Å². The Bertz CT molecular complexity index is 936. The number of hydrazone groups is 1. The molecule has 1 heterocycles. The summed E-state index contributed by atoms with van der Waals surface area (Å²) in [6.45, 7) is 4.34. The van der Waals surface area contributed by atoms with E-state index in [1.165, 1.54) is 16.8 Å². The van der Waals surface area contributed by atoms with E-state index < -0.39 is 6.17 Å². The Hall–Kier alpha value is -2.16. The van der Waals surface area contributed by atoms with Crippen LogP contribution >= 0.6 is 11.9 Å². The Morgan fingerprint density at radius 1 is 1.46 bits per heavy atom. The summed E-state index contributed by atoms with van der Waals surface area (Å²) in [5.41, 5.74) is 12.1. The van der Waals surface area contributed by atoms with Crippen molar-refractivity contribution in [1.82, 2.24) is 15.0 Å². The molecule has 0 saturated heterocycles. The van der Waals surface area contributed by atoms with Gasteiger partial charge in [0.1, 0.15) is 12.0 Å². The van der Waals surface area contributed by atoms with Crippen LogP contribution in [-0.2, 0) is 4.79 Å². The molecule has 3 rings (SSSR count). The van der Waals surface area contributed by atoms with Gasteiger partial charge in [0.05, 0.1) is 12.7 Å². The van der Waals surface area contributed by atoms with Crippen molar-refractivity contribution in [3.8, 4) is 0 Å². The highest BCUT2D eigenvalue weighted by Crippen LogP contribution is 2.30. The molecule has 3 atom stereocenters. The number of dihydropyridines is 1. The van der Waals surface area contributed by atoms with Gasteiger partial charge in [-0.2, -0.15) is 5.10 Å². The lowest BCUT2D eigenvalue weighted by molar-refractivity contribution is -0.117. The third kappa shape index (κ3) is 7.92. The lowest BCUT2D eigenvalue weighted by atomic mass is 9.99. The van der Waals surface area contributed by atoms with Crippen LogP contribution in [0.3, 0.4) is 0 Å². The summed E-state index contributed by atoms with van der Waals surface area (Å²) in [7, 11) is 0. The fourth-order valence-electron chi connectivity index (χ4n) is 4.79. The summed E-state index contributed by atoms with van der Waals surface area (Å²) in [5, 5.41) is 9.67. The standard InChI is InChI=1S/C27H40FN5OS/c1-4-20-16-21-8-9-23(31-25(21)12-13-26(20)32-35-3)10-11-24(34)14-15-30-33(18-29)27-17-22(28)7-5-6-19(27)2/h5-7,9,15-16,22,26-27,31-32H,4,8,10-14,17-18,29H2,1-3H3/b30-15-. The molecule has 8 heteroatoms. The summed E-state index contributed by atoms with van der Waals surface area (Å²) in [5.74, 6) is 0.129. The van der Waals surface area contributed by atoms with E-state index in [-0.39, 0.29) is 24.9 Å². The number of nitrogens with one attached hydrogen (secondary N) is 2. The van der Waals surface area contributed by atoms with E-state index in [1.807, 2.05) is 13.0 Å². The van der Waals surface area contributed by atoms with E-state index >= 15 is 0 Å². The van der Waals surface area contributed by atoms with Gasteiger partial charge in [-0.15, -0.1) is 0 Å². The van der Waals surface area contributed by atoms with Gasteiger partial charge in [-0.05, 0) is 56.4 Å². The van der Waals surface area contributed by atoms with Gasteiger partial charge in [0, 0.05) is 42.9 Å². The van der Waals surface area contributed by atoms with Gasteiger partial charge in [-0.3, -0.25) is 14.5 Å². The quantitative estimate of drug-likeness (QED) is 0.159. The molecule has 1 aliphatic heterocycles. The maximum atomic E-state index is 14.0. The molecule has 192 valence electrons. The van der Waals surface area contributed by atoms with E-state index in [0.29, 0.717) is 25.3 Å². The molecular weight excluding hydrogens is 461 g/mol. The monoisotopic (exact) mass is 501 g/mol. The number of carbonyl (C=O) groups is 1. The molecule has 0 radical (unpaired) electrons. The largest absolute Gasteiger partial charge is 0.362 e. The first-order valence-corrected chi connectivity index (χ1v) is 13.8. The van der Waals surface area contributed by atoms with Gasteiger partial charge in [-0.25, -0.2) is 4.39 Å². The molecule has 3 unspecified atom stereocenters. The number of nitrogens with two attached hydrogens (primary N) is 1. The zero-order chi connectivity index (χ0) is 25.2. The molecule has 0 fully saturated rings. The molecule has 0 amide bonds. The average molecular weight is 502 g/mol. The number of ketones is 1. The topological polar surface area (TPSA) is 82.8 Å². The highest BCUT2D eigenvalue weighted by atomic mass is 32.2. The van der Waals surface area contributed by atoms with Crippen LogP contribution in [-0.4, -0.2) is 48.2 Å².